The van der Waals surface area contributed by atoms with Gasteiger partial charge in [0.2, 0.25) is 0 Å². The Labute approximate surface area is 160 Å². The molecule has 0 spiro atoms. The van der Waals surface area contributed by atoms with Gasteiger partial charge in [-0.1, -0.05) is 6.07 Å². The molecule has 1 aromatic rings. The summed E-state index contributed by atoms with van der Waals surface area (Å²) < 4.78 is 5.66. The van der Waals surface area contributed by atoms with Crippen molar-refractivity contribution in [2.24, 2.45) is 0 Å². The minimum absolute atomic E-state index is 0. The monoisotopic (exact) mass is 395 g/mol. The summed E-state index contributed by atoms with van der Waals surface area (Å²) in [5, 5.41) is 5.43. The summed E-state index contributed by atoms with van der Waals surface area (Å²) in [7, 11) is 1.68. The number of nitrogens with one attached hydrogen (secondary N) is 1. The van der Waals surface area contributed by atoms with Crippen LogP contribution in [0.2, 0.25) is 0 Å². The molecule has 3 rings (SSSR count). The number of piperazine rings is 1. The molecule has 0 radical (unpaired) electrons. The fraction of sp³-hybridized carbons (Fsp3) is 0.688. The molecule has 0 unspecified atom stereocenters. The van der Waals surface area contributed by atoms with Crippen LogP contribution in [0.3, 0.4) is 0 Å². The number of methoxy groups -OCH3 is 1. The van der Waals surface area contributed by atoms with Crippen LogP contribution >= 0.6 is 36.2 Å². The van der Waals surface area contributed by atoms with Crippen molar-refractivity contribution in [3.63, 3.8) is 0 Å². The Bertz CT molecular complexity index is 488. The molecule has 2 saturated heterocycles. The molecule has 1 amide bonds. The number of rotatable bonds is 4. The molecule has 0 aliphatic carbocycles. The normalized spacial score (nSPS) is 20.8. The first-order valence-electron chi connectivity index (χ1n) is 8.03. The van der Waals surface area contributed by atoms with Crippen LogP contribution in [-0.4, -0.2) is 67.7 Å². The molecule has 2 aliphatic rings. The van der Waals surface area contributed by atoms with Crippen LogP contribution in [0.1, 0.15) is 17.7 Å². The highest BCUT2D eigenvalue weighted by Gasteiger charge is 2.42. The first kappa shape index (κ1) is 21.7. The Morgan fingerprint density at radius 2 is 1.92 bits per heavy atom. The zero-order valence-corrected chi connectivity index (χ0v) is 16.5. The van der Waals surface area contributed by atoms with Crippen molar-refractivity contribution in [3.05, 3.63) is 22.4 Å². The summed E-state index contributed by atoms with van der Waals surface area (Å²) in [5.41, 5.74) is -0.596. The van der Waals surface area contributed by atoms with Gasteiger partial charge < -0.3 is 15.0 Å². The Kier molecular flexibility index (Phi) is 8.98. The van der Waals surface area contributed by atoms with Crippen LogP contribution in [0.15, 0.2) is 17.5 Å². The Morgan fingerprint density at radius 1 is 1.25 bits per heavy atom. The molecule has 2 fully saturated rings. The predicted molar refractivity (Wildman–Crippen MR) is 103 cm³/mol. The minimum Gasteiger partial charge on any atom is -0.368 e. The molecule has 0 saturated carbocycles. The maximum absolute atomic E-state index is 12.9. The summed E-state index contributed by atoms with van der Waals surface area (Å²) in [4.78, 5) is 18.7. The Hall–Kier alpha value is -0.370. The lowest BCUT2D eigenvalue weighted by Gasteiger charge is -2.42. The van der Waals surface area contributed by atoms with Gasteiger partial charge in [0.05, 0.1) is 0 Å². The van der Waals surface area contributed by atoms with E-state index in [0.717, 1.165) is 58.7 Å². The molecule has 8 heteroatoms. The smallest absolute Gasteiger partial charge is 0.254 e. The molecule has 24 heavy (non-hydrogen) atoms. The molecule has 1 aromatic heterocycles. The first-order valence-corrected chi connectivity index (χ1v) is 8.91. The van der Waals surface area contributed by atoms with Gasteiger partial charge in [-0.15, -0.1) is 36.2 Å². The average molecular weight is 396 g/mol. The number of carbonyl (C=O) groups is 1. The fourth-order valence-corrected chi connectivity index (χ4v) is 4.10. The van der Waals surface area contributed by atoms with Gasteiger partial charge in [-0.3, -0.25) is 9.69 Å². The number of nitrogens with zero attached hydrogens (tertiary/aromatic N) is 2. The van der Waals surface area contributed by atoms with Crippen LogP contribution in [0.25, 0.3) is 0 Å². The van der Waals surface area contributed by atoms with E-state index in [-0.39, 0.29) is 30.7 Å². The molecule has 0 aromatic carbocycles. The van der Waals surface area contributed by atoms with Crippen molar-refractivity contribution >= 4 is 42.1 Å². The number of thiophene rings is 1. The molecule has 5 nitrogen and oxygen atoms in total. The van der Waals surface area contributed by atoms with Crippen molar-refractivity contribution in [2.75, 3.05) is 46.4 Å². The number of amides is 1. The Morgan fingerprint density at radius 3 is 2.46 bits per heavy atom. The molecule has 0 bridgehead atoms. The molecule has 3 heterocycles. The first-order chi connectivity index (χ1) is 10.7. The van der Waals surface area contributed by atoms with Crippen LogP contribution in [0.4, 0.5) is 0 Å². The lowest BCUT2D eigenvalue weighted by atomic mass is 9.90. The number of ether oxygens (including phenoxy) is 1. The van der Waals surface area contributed by atoms with Crippen LogP contribution in [0, 0.1) is 0 Å². The highest BCUT2D eigenvalue weighted by atomic mass is 35.5. The standard InChI is InChI=1S/C16H25N3O2S.2ClH/c1-21-16(4-6-17-7-5-16)15(20)19-10-8-18(9-11-19)13-14-3-2-12-22-14;;/h2-3,12,17H,4-11,13H2,1H3;2*1H. The average Bonchev–Trinajstić information content (AvgIpc) is 3.08. The lowest BCUT2D eigenvalue weighted by molar-refractivity contribution is -0.160. The maximum Gasteiger partial charge on any atom is 0.254 e. The van der Waals surface area contributed by atoms with Gasteiger partial charge in [0.1, 0.15) is 5.60 Å². The van der Waals surface area contributed by atoms with Crippen molar-refractivity contribution in [1.82, 2.24) is 15.1 Å². The van der Waals surface area contributed by atoms with Gasteiger partial charge in [-0.25, -0.2) is 0 Å². The van der Waals surface area contributed by atoms with Gasteiger partial charge in [0, 0.05) is 44.7 Å². The highest BCUT2D eigenvalue weighted by molar-refractivity contribution is 7.09. The summed E-state index contributed by atoms with van der Waals surface area (Å²) in [5.74, 6) is 0.187. The van der Waals surface area contributed by atoms with Crippen molar-refractivity contribution in [2.45, 2.75) is 25.0 Å². The number of carbonyl (C=O) groups excluding carboxylic acids is 1. The van der Waals surface area contributed by atoms with E-state index in [1.54, 1.807) is 18.4 Å². The second kappa shape index (κ2) is 9.94. The van der Waals surface area contributed by atoms with E-state index < -0.39 is 5.60 Å². The summed E-state index contributed by atoms with van der Waals surface area (Å²) >= 11 is 1.80. The molecular weight excluding hydrogens is 369 g/mol. The topological polar surface area (TPSA) is 44.8 Å². The third-order valence-electron chi connectivity index (χ3n) is 4.81. The third kappa shape index (κ3) is 4.84. The zero-order valence-electron chi connectivity index (χ0n) is 14.0. The second-order valence-corrected chi connectivity index (χ2v) is 7.13. The second-order valence-electron chi connectivity index (χ2n) is 6.10. The van der Waals surface area contributed by atoms with E-state index in [2.05, 4.69) is 27.7 Å². The summed E-state index contributed by atoms with van der Waals surface area (Å²) in [6, 6.07) is 4.27. The Balaban J connectivity index is 0.00000144. The molecule has 1 N–H and O–H groups in total. The van der Waals surface area contributed by atoms with E-state index in [4.69, 9.17) is 4.74 Å². The van der Waals surface area contributed by atoms with Crippen LogP contribution < -0.4 is 5.32 Å². The van der Waals surface area contributed by atoms with Crippen molar-refractivity contribution in [1.29, 1.82) is 0 Å². The van der Waals surface area contributed by atoms with Gasteiger partial charge in [0.25, 0.3) is 5.91 Å². The molecular formula is C16H27Cl2N3O2S. The summed E-state index contributed by atoms with van der Waals surface area (Å²) in [6.07, 6.45) is 1.55. The van der Waals surface area contributed by atoms with E-state index >= 15 is 0 Å². The van der Waals surface area contributed by atoms with E-state index in [1.165, 1.54) is 4.88 Å². The zero-order chi connectivity index (χ0) is 15.4. The summed E-state index contributed by atoms with van der Waals surface area (Å²) in [6.45, 7) is 6.23. The molecule has 0 atom stereocenters. The van der Waals surface area contributed by atoms with Crippen LogP contribution in [0.5, 0.6) is 0 Å². The molecule has 138 valence electrons. The SMILES string of the molecule is COC1(C(=O)N2CCN(Cc3cccs3)CC2)CCNCC1.Cl.Cl. The number of halogens is 2. The van der Waals surface area contributed by atoms with Gasteiger partial charge >= 0.3 is 0 Å². The molecule has 2 aliphatic heterocycles. The van der Waals surface area contributed by atoms with Crippen molar-refractivity contribution < 1.29 is 9.53 Å². The largest absolute Gasteiger partial charge is 0.368 e. The number of piperidine rings is 1. The van der Waals surface area contributed by atoms with Gasteiger partial charge in [-0.05, 0) is 37.4 Å². The minimum atomic E-state index is -0.596. The van der Waals surface area contributed by atoms with Gasteiger partial charge in [0.15, 0.2) is 0 Å². The quantitative estimate of drug-likeness (QED) is 0.846. The lowest BCUT2D eigenvalue weighted by Crippen LogP contribution is -2.59. The van der Waals surface area contributed by atoms with E-state index in [1.807, 2.05) is 4.90 Å². The maximum atomic E-state index is 12.9. The van der Waals surface area contributed by atoms with Crippen molar-refractivity contribution in [3.8, 4) is 0 Å². The van der Waals surface area contributed by atoms with E-state index in [9.17, 15) is 4.79 Å². The third-order valence-corrected chi connectivity index (χ3v) is 5.67. The number of hydrogen-bond acceptors (Lipinski definition) is 5. The van der Waals surface area contributed by atoms with Gasteiger partial charge in [-0.2, -0.15) is 0 Å². The van der Waals surface area contributed by atoms with Crippen LogP contribution in [-0.2, 0) is 16.1 Å². The van der Waals surface area contributed by atoms with E-state index in [0.29, 0.717) is 0 Å². The predicted octanol–water partition coefficient (Wildman–Crippen LogP) is 2.00. The fourth-order valence-electron chi connectivity index (χ4n) is 3.36. The highest BCUT2D eigenvalue weighted by Crippen LogP contribution is 2.26. The number of hydrogen-bond donors (Lipinski definition) is 1.